The fraction of sp³-hybridized carbons (Fsp3) is 0.522. The summed E-state index contributed by atoms with van der Waals surface area (Å²) in [5, 5.41) is 4.79. The van der Waals surface area contributed by atoms with Gasteiger partial charge < -0.3 is 10.2 Å². The van der Waals surface area contributed by atoms with Gasteiger partial charge in [-0.1, -0.05) is 60.7 Å². The minimum atomic E-state index is -0.0529. The first-order valence-electron chi connectivity index (χ1n) is 10.4. The molecule has 4 unspecified atom stereocenters. The summed E-state index contributed by atoms with van der Waals surface area (Å²) in [6, 6.07) is 5.82. The molecule has 2 aliphatic heterocycles. The molecule has 4 rings (SSSR count). The van der Waals surface area contributed by atoms with Gasteiger partial charge in [0.1, 0.15) is 0 Å². The maximum absolute atomic E-state index is 13.3. The minimum absolute atomic E-state index is 0.0529. The Labute approximate surface area is 177 Å². The van der Waals surface area contributed by atoms with Crippen LogP contribution in [0, 0.1) is 11.8 Å². The molecular weight excluding hydrogens is 391 g/mol. The molecule has 1 aromatic rings. The zero-order valence-electron chi connectivity index (χ0n) is 16.1. The van der Waals surface area contributed by atoms with Crippen molar-refractivity contribution in [3.63, 3.8) is 0 Å². The smallest absolute Gasteiger partial charge is 0.154 e. The van der Waals surface area contributed by atoms with E-state index in [9.17, 15) is 4.79 Å². The highest BCUT2D eigenvalue weighted by atomic mass is 35.5. The predicted molar refractivity (Wildman–Crippen MR) is 116 cm³/mol. The van der Waals surface area contributed by atoms with E-state index in [2.05, 4.69) is 34.6 Å². The van der Waals surface area contributed by atoms with Gasteiger partial charge in [-0.15, -0.1) is 0 Å². The van der Waals surface area contributed by atoms with E-state index in [1.807, 2.05) is 12.1 Å². The minimum Gasteiger partial charge on any atom is -0.372 e. The first-order valence-corrected chi connectivity index (χ1v) is 11.2. The second-order valence-electron chi connectivity index (χ2n) is 8.40. The van der Waals surface area contributed by atoms with Gasteiger partial charge in [0.15, 0.2) is 5.78 Å². The molecule has 4 atom stereocenters. The number of ketones is 1. The first kappa shape index (κ1) is 20.0. The highest BCUT2D eigenvalue weighted by Crippen LogP contribution is 2.39. The van der Waals surface area contributed by atoms with E-state index in [1.54, 1.807) is 6.07 Å². The molecule has 28 heavy (non-hydrogen) atoms. The second kappa shape index (κ2) is 9.02. The number of fused-ring (bicyclic) bond motifs is 1. The Balaban J connectivity index is 1.47. The molecule has 0 bridgehead atoms. The zero-order valence-corrected chi connectivity index (χ0v) is 17.6. The molecule has 2 heterocycles. The lowest BCUT2D eigenvalue weighted by Gasteiger charge is -2.46. The molecule has 3 aliphatic rings. The molecule has 5 heteroatoms. The van der Waals surface area contributed by atoms with Gasteiger partial charge in [-0.05, 0) is 54.6 Å². The van der Waals surface area contributed by atoms with E-state index in [-0.39, 0.29) is 11.8 Å². The molecule has 3 nitrogen and oxygen atoms in total. The first-order chi connectivity index (χ1) is 13.6. The third-order valence-electron chi connectivity index (χ3n) is 6.45. The van der Waals surface area contributed by atoms with E-state index in [0.29, 0.717) is 34.3 Å². The van der Waals surface area contributed by atoms with E-state index in [4.69, 9.17) is 23.2 Å². The van der Waals surface area contributed by atoms with E-state index in [0.717, 1.165) is 25.1 Å². The molecule has 2 fully saturated rings. The average molecular weight is 419 g/mol. The van der Waals surface area contributed by atoms with Gasteiger partial charge >= 0.3 is 0 Å². The van der Waals surface area contributed by atoms with Gasteiger partial charge in [0.2, 0.25) is 0 Å². The van der Waals surface area contributed by atoms with Crippen LogP contribution in [0.3, 0.4) is 0 Å². The maximum Gasteiger partial charge on any atom is 0.154 e. The topological polar surface area (TPSA) is 32.3 Å². The molecule has 0 radical (unpaired) electrons. The van der Waals surface area contributed by atoms with E-state index >= 15 is 0 Å². The van der Waals surface area contributed by atoms with Gasteiger partial charge in [-0.25, -0.2) is 0 Å². The number of benzene rings is 1. The van der Waals surface area contributed by atoms with Crippen LogP contribution in [0.5, 0.6) is 0 Å². The molecule has 1 aromatic carbocycles. The van der Waals surface area contributed by atoms with E-state index < -0.39 is 0 Å². The fourth-order valence-corrected chi connectivity index (χ4v) is 5.44. The Morgan fingerprint density at radius 2 is 2.00 bits per heavy atom. The van der Waals surface area contributed by atoms with Gasteiger partial charge in [0.05, 0.1) is 16.1 Å². The Hall–Kier alpha value is -1.29. The summed E-state index contributed by atoms with van der Waals surface area (Å²) < 4.78 is 0. The number of allylic oxidation sites excluding steroid dienone is 2. The number of carbonyl (C=O) groups excluding carboxylic acids is 1. The summed E-state index contributed by atoms with van der Waals surface area (Å²) in [7, 11) is 0. The summed E-state index contributed by atoms with van der Waals surface area (Å²) in [5.74, 6) is 1.42. The number of hydrogen-bond donors (Lipinski definition) is 1. The Bertz CT molecular complexity index is 776. The summed E-state index contributed by atoms with van der Waals surface area (Å²) in [4.78, 5) is 15.6. The monoisotopic (exact) mass is 418 g/mol. The van der Waals surface area contributed by atoms with Crippen molar-refractivity contribution in [2.45, 2.75) is 50.6 Å². The van der Waals surface area contributed by atoms with Crippen LogP contribution < -0.4 is 5.32 Å². The summed E-state index contributed by atoms with van der Waals surface area (Å²) >= 11 is 12.2. The number of carbonyl (C=O) groups is 1. The molecular formula is C23H28Cl2N2O. The molecule has 0 amide bonds. The largest absolute Gasteiger partial charge is 0.372 e. The molecule has 1 saturated carbocycles. The highest BCUT2D eigenvalue weighted by Gasteiger charge is 2.41. The second-order valence-corrected chi connectivity index (χ2v) is 9.21. The van der Waals surface area contributed by atoms with Crippen molar-refractivity contribution < 1.29 is 4.79 Å². The molecule has 1 aliphatic carbocycles. The van der Waals surface area contributed by atoms with Crippen molar-refractivity contribution >= 4 is 29.0 Å². The maximum atomic E-state index is 13.3. The number of nitrogens with one attached hydrogen (secondary N) is 1. The van der Waals surface area contributed by atoms with E-state index in [1.165, 1.54) is 25.7 Å². The Morgan fingerprint density at radius 3 is 2.79 bits per heavy atom. The van der Waals surface area contributed by atoms with Gasteiger partial charge in [0, 0.05) is 25.6 Å². The van der Waals surface area contributed by atoms with Gasteiger partial charge in [-0.2, -0.15) is 0 Å². The fourth-order valence-electron chi connectivity index (χ4n) is 5.12. The zero-order chi connectivity index (χ0) is 19.5. The standard InChI is InChI=1S/C23H28Cl2N2O/c24-20-9-8-16(12-21(20)25)13-22(28)23-19-7-3-2-6-17(19)14-18(26-23)15-27-10-4-1-5-11-27/h1,4-5,8-10,12,17-19,23,26H,2-3,6-7,11,13-15H2. The number of hydrogen-bond acceptors (Lipinski definition) is 3. The van der Waals surface area contributed by atoms with Gasteiger partial charge in [-0.3, -0.25) is 4.79 Å². The van der Waals surface area contributed by atoms with Crippen molar-refractivity contribution in [3.8, 4) is 0 Å². The van der Waals surface area contributed by atoms with Crippen LogP contribution in [0.4, 0.5) is 0 Å². The predicted octanol–water partition coefficient (Wildman–Crippen LogP) is 5.03. The Morgan fingerprint density at radius 1 is 1.14 bits per heavy atom. The van der Waals surface area contributed by atoms with Crippen molar-refractivity contribution in [2.75, 3.05) is 13.1 Å². The lowest BCUT2D eigenvalue weighted by Crippen LogP contribution is -2.58. The van der Waals surface area contributed by atoms with Gasteiger partial charge in [0.25, 0.3) is 0 Å². The van der Waals surface area contributed by atoms with Crippen LogP contribution >= 0.6 is 23.2 Å². The number of halogens is 2. The van der Waals surface area contributed by atoms with Crippen molar-refractivity contribution in [3.05, 3.63) is 58.2 Å². The summed E-state index contributed by atoms with van der Waals surface area (Å²) in [6.07, 6.45) is 15.1. The number of nitrogens with zero attached hydrogens (tertiary/aromatic N) is 1. The summed E-state index contributed by atoms with van der Waals surface area (Å²) in [6.45, 7) is 1.91. The number of Topliss-reactive ketones (excluding diaryl/α,β-unsaturated/α-hetero) is 1. The molecule has 1 N–H and O–H groups in total. The van der Waals surface area contributed by atoms with Crippen LogP contribution in [-0.2, 0) is 11.2 Å². The molecule has 150 valence electrons. The lowest BCUT2D eigenvalue weighted by atomic mass is 9.68. The van der Waals surface area contributed by atoms with Crippen LogP contribution in [0.25, 0.3) is 0 Å². The Kier molecular flexibility index (Phi) is 6.45. The third kappa shape index (κ3) is 4.64. The normalized spacial score (nSPS) is 29.6. The molecule has 0 spiro atoms. The van der Waals surface area contributed by atoms with Crippen molar-refractivity contribution in [2.24, 2.45) is 11.8 Å². The number of rotatable bonds is 5. The van der Waals surface area contributed by atoms with Crippen LogP contribution in [-0.4, -0.2) is 35.9 Å². The van der Waals surface area contributed by atoms with Crippen LogP contribution in [0.1, 0.15) is 37.7 Å². The van der Waals surface area contributed by atoms with Crippen molar-refractivity contribution in [1.82, 2.24) is 10.2 Å². The molecule has 0 aromatic heterocycles. The average Bonchev–Trinajstić information content (AvgIpc) is 2.71. The number of piperidine rings is 1. The SMILES string of the molecule is O=C(Cc1ccc(Cl)c(Cl)c1)C1NC(CN2C=CC=CC2)CC2CCCCC21. The van der Waals surface area contributed by atoms with Crippen LogP contribution in [0.15, 0.2) is 42.6 Å². The van der Waals surface area contributed by atoms with Crippen molar-refractivity contribution in [1.29, 1.82) is 0 Å². The quantitative estimate of drug-likeness (QED) is 0.727. The van der Waals surface area contributed by atoms with Crippen LogP contribution in [0.2, 0.25) is 10.0 Å². The highest BCUT2D eigenvalue weighted by molar-refractivity contribution is 6.42. The molecule has 1 saturated heterocycles. The summed E-state index contributed by atoms with van der Waals surface area (Å²) in [5.41, 5.74) is 0.944. The lowest BCUT2D eigenvalue weighted by molar-refractivity contribution is -0.124. The third-order valence-corrected chi connectivity index (χ3v) is 7.19.